The molecule has 0 aliphatic carbocycles. The lowest BCUT2D eigenvalue weighted by Gasteiger charge is -2.13. The number of carbonyl (C=O) groups is 1. The maximum absolute atomic E-state index is 13.5. The van der Waals surface area contributed by atoms with Gasteiger partial charge in [-0.25, -0.2) is 9.78 Å². The van der Waals surface area contributed by atoms with Crippen molar-refractivity contribution >= 4 is 23.0 Å². The molecule has 0 spiro atoms. The molecule has 0 saturated heterocycles. The summed E-state index contributed by atoms with van der Waals surface area (Å²) in [7, 11) is 1.77. The number of nitrogens with zero attached hydrogens (tertiary/aromatic N) is 4. The molecule has 10 nitrogen and oxygen atoms in total. The van der Waals surface area contributed by atoms with Gasteiger partial charge in [0.1, 0.15) is 17.3 Å². The van der Waals surface area contributed by atoms with Crippen LogP contribution in [0, 0.1) is 5.41 Å². The van der Waals surface area contributed by atoms with Crippen LogP contribution < -0.4 is 17.0 Å². The highest BCUT2D eigenvalue weighted by atomic mass is 16.4. The van der Waals surface area contributed by atoms with Gasteiger partial charge in [-0.05, 0) is 31.2 Å². The summed E-state index contributed by atoms with van der Waals surface area (Å²) in [6.07, 6.45) is 2.19. The van der Waals surface area contributed by atoms with Crippen molar-refractivity contribution in [2.24, 2.45) is 12.8 Å². The number of hydrogen-bond acceptors (Lipinski definition) is 5. The van der Waals surface area contributed by atoms with Crippen LogP contribution in [0.2, 0.25) is 0 Å². The van der Waals surface area contributed by atoms with E-state index in [-0.39, 0.29) is 24.3 Å². The monoisotopic (exact) mass is 502 g/mol. The van der Waals surface area contributed by atoms with Crippen LogP contribution in [0.5, 0.6) is 0 Å². The van der Waals surface area contributed by atoms with E-state index in [1.54, 1.807) is 40.4 Å². The Hall–Kier alpha value is -4.47. The fourth-order valence-corrected chi connectivity index (χ4v) is 4.48. The number of hydrogen-bond donors (Lipinski definition) is 3. The molecule has 0 aliphatic rings. The van der Waals surface area contributed by atoms with Crippen LogP contribution in [-0.4, -0.2) is 35.6 Å². The molecule has 4 aromatic rings. The Labute approximate surface area is 213 Å². The van der Waals surface area contributed by atoms with Crippen molar-refractivity contribution in [3.05, 3.63) is 86.6 Å². The van der Waals surface area contributed by atoms with Crippen molar-refractivity contribution in [1.82, 2.24) is 18.7 Å². The number of aryl methyl sites for hydroxylation is 3. The van der Waals surface area contributed by atoms with Crippen LogP contribution >= 0.6 is 0 Å². The van der Waals surface area contributed by atoms with Crippen LogP contribution in [0.1, 0.15) is 36.8 Å². The molecular formula is C27H30N6O4. The molecule has 2 aromatic heterocycles. The molecule has 0 fully saturated rings. The molecule has 4 rings (SSSR count). The average molecular weight is 503 g/mol. The zero-order valence-corrected chi connectivity index (χ0v) is 20.7. The standard InChI is InChI=1S/C27H30N6O4/c1-31-24(20-14-12-19(13-15-20)23(28)29)30-22-25(31)32(17-7-10-18-8-3-2-4-9-18)27(37)33(26(22)36)16-6-5-11-21(34)35/h2-4,8-9,12-15H,5-7,10-11,16-17H2,1H3,(H3,28,29)(H,34,35). The zero-order valence-electron chi connectivity index (χ0n) is 20.7. The second-order valence-electron chi connectivity index (χ2n) is 8.99. The molecule has 192 valence electrons. The molecule has 2 aromatic carbocycles. The molecule has 0 saturated carbocycles. The van der Waals surface area contributed by atoms with E-state index in [0.717, 1.165) is 17.5 Å². The first kappa shape index (κ1) is 25.6. The van der Waals surface area contributed by atoms with Gasteiger partial charge in [-0.3, -0.25) is 24.1 Å². The predicted molar refractivity (Wildman–Crippen MR) is 142 cm³/mol. The number of amidine groups is 1. The Bertz CT molecular complexity index is 1550. The van der Waals surface area contributed by atoms with Crippen molar-refractivity contribution in [1.29, 1.82) is 5.41 Å². The lowest BCUT2D eigenvalue weighted by molar-refractivity contribution is -0.137. The van der Waals surface area contributed by atoms with Crippen LogP contribution in [0.4, 0.5) is 0 Å². The van der Waals surface area contributed by atoms with Gasteiger partial charge in [-0.15, -0.1) is 0 Å². The van der Waals surface area contributed by atoms with Gasteiger partial charge >= 0.3 is 11.7 Å². The number of unbranched alkanes of at least 4 members (excludes halogenated alkanes) is 1. The summed E-state index contributed by atoms with van der Waals surface area (Å²) in [6.45, 7) is 0.515. The summed E-state index contributed by atoms with van der Waals surface area (Å²) in [6, 6.07) is 17.0. The van der Waals surface area contributed by atoms with E-state index in [1.807, 2.05) is 30.3 Å². The van der Waals surface area contributed by atoms with Gasteiger partial charge in [0.25, 0.3) is 5.56 Å². The van der Waals surface area contributed by atoms with E-state index in [0.29, 0.717) is 42.8 Å². The van der Waals surface area contributed by atoms with E-state index in [1.165, 1.54) is 4.57 Å². The Morgan fingerprint density at radius 2 is 1.65 bits per heavy atom. The minimum Gasteiger partial charge on any atom is -0.481 e. The molecule has 2 heterocycles. The van der Waals surface area contributed by atoms with E-state index in [4.69, 9.17) is 16.2 Å². The molecule has 37 heavy (non-hydrogen) atoms. The van der Waals surface area contributed by atoms with Crippen LogP contribution in [0.25, 0.3) is 22.6 Å². The first-order valence-corrected chi connectivity index (χ1v) is 12.2. The van der Waals surface area contributed by atoms with E-state index in [9.17, 15) is 14.4 Å². The van der Waals surface area contributed by atoms with Crippen molar-refractivity contribution in [2.75, 3.05) is 0 Å². The largest absolute Gasteiger partial charge is 0.481 e. The minimum absolute atomic E-state index is 0.0216. The molecule has 0 radical (unpaired) electrons. The van der Waals surface area contributed by atoms with Crippen LogP contribution in [0.3, 0.4) is 0 Å². The first-order valence-electron chi connectivity index (χ1n) is 12.2. The summed E-state index contributed by atoms with van der Waals surface area (Å²) in [5, 5.41) is 16.5. The third kappa shape index (κ3) is 5.53. The molecule has 0 aliphatic heterocycles. The number of benzene rings is 2. The molecular weight excluding hydrogens is 472 g/mol. The predicted octanol–water partition coefficient (Wildman–Crippen LogP) is 2.74. The number of aromatic nitrogens is 4. The highest BCUT2D eigenvalue weighted by Gasteiger charge is 2.21. The SMILES string of the molecule is Cn1c(-c2ccc(C(=N)N)cc2)nc2c(=O)n(CCCCC(=O)O)c(=O)n(CCCc3ccccc3)c21. The number of rotatable bonds is 11. The number of nitrogens with two attached hydrogens (primary N) is 1. The second-order valence-corrected chi connectivity index (χ2v) is 8.99. The maximum atomic E-state index is 13.5. The minimum atomic E-state index is -0.911. The number of carboxylic acids is 1. The smallest absolute Gasteiger partial charge is 0.332 e. The zero-order chi connectivity index (χ0) is 26.5. The van der Waals surface area contributed by atoms with Gasteiger partial charge in [-0.1, -0.05) is 54.6 Å². The Kier molecular flexibility index (Phi) is 7.66. The fourth-order valence-electron chi connectivity index (χ4n) is 4.48. The second kappa shape index (κ2) is 11.1. The molecule has 0 amide bonds. The fraction of sp³-hybridized carbons (Fsp3) is 0.296. The highest BCUT2D eigenvalue weighted by Crippen LogP contribution is 2.22. The third-order valence-electron chi connectivity index (χ3n) is 6.40. The van der Waals surface area contributed by atoms with E-state index < -0.39 is 17.2 Å². The topological polar surface area (TPSA) is 149 Å². The Morgan fingerprint density at radius 1 is 0.973 bits per heavy atom. The summed E-state index contributed by atoms with van der Waals surface area (Å²) in [4.78, 5) is 42.4. The quantitative estimate of drug-likeness (QED) is 0.163. The lowest BCUT2D eigenvalue weighted by atomic mass is 10.1. The molecule has 4 N–H and O–H groups in total. The number of nitrogens with one attached hydrogen (secondary N) is 1. The number of carboxylic acid groups (broad SMARTS) is 1. The van der Waals surface area contributed by atoms with Crippen molar-refractivity contribution in [2.45, 2.75) is 45.2 Å². The Balaban J connectivity index is 1.77. The number of nitrogen functional groups attached to an aromatic ring is 1. The normalized spacial score (nSPS) is 11.2. The first-order chi connectivity index (χ1) is 17.8. The summed E-state index contributed by atoms with van der Waals surface area (Å²) >= 11 is 0. The number of aliphatic carboxylic acids is 1. The maximum Gasteiger partial charge on any atom is 0.332 e. The van der Waals surface area contributed by atoms with Crippen LogP contribution in [0.15, 0.2) is 64.2 Å². The summed E-state index contributed by atoms with van der Waals surface area (Å²) < 4.78 is 4.51. The van der Waals surface area contributed by atoms with E-state index in [2.05, 4.69) is 4.98 Å². The number of imidazole rings is 1. The van der Waals surface area contributed by atoms with Crippen molar-refractivity contribution in [3.8, 4) is 11.4 Å². The van der Waals surface area contributed by atoms with Crippen molar-refractivity contribution in [3.63, 3.8) is 0 Å². The molecule has 0 bridgehead atoms. The van der Waals surface area contributed by atoms with Gasteiger partial charge in [0.05, 0.1) is 0 Å². The average Bonchev–Trinajstić information content (AvgIpc) is 3.23. The van der Waals surface area contributed by atoms with Gasteiger partial charge in [0.15, 0.2) is 5.52 Å². The molecule has 10 heteroatoms. The Morgan fingerprint density at radius 3 is 2.30 bits per heavy atom. The highest BCUT2D eigenvalue weighted by molar-refractivity contribution is 5.95. The van der Waals surface area contributed by atoms with Gasteiger partial charge in [-0.2, -0.15) is 0 Å². The van der Waals surface area contributed by atoms with Crippen molar-refractivity contribution < 1.29 is 9.90 Å². The van der Waals surface area contributed by atoms with Gasteiger partial charge in [0, 0.05) is 37.7 Å². The lowest BCUT2D eigenvalue weighted by Crippen LogP contribution is -2.40. The van der Waals surface area contributed by atoms with Crippen LogP contribution in [-0.2, 0) is 31.4 Å². The summed E-state index contributed by atoms with van der Waals surface area (Å²) in [5.74, 6) is -0.442. The number of fused-ring (bicyclic) bond motifs is 1. The molecule has 0 atom stereocenters. The third-order valence-corrected chi connectivity index (χ3v) is 6.40. The van der Waals surface area contributed by atoms with E-state index >= 15 is 0 Å². The molecule has 0 unspecified atom stereocenters. The summed E-state index contributed by atoms with van der Waals surface area (Å²) in [5.41, 5.74) is 7.73. The van der Waals surface area contributed by atoms with Gasteiger partial charge < -0.3 is 15.4 Å². The van der Waals surface area contributed by atoms with Gasteiger partial charge in [0.2, 0.25) is 0 Å².